The van der Waals surface area contributed by atoms with Crippen molar-refractivity contribution in [2.75, 3.05) is 33.3 Å². The van der Waals surface area contributed by atoms with Crippen molar-refractivity contribution in [3.8, 4) is 0 Å². The van der Waals surface area contributed by atoms with Crippen molar-refractivity contribution in [2.45, 2.75) is 18.8 Å². The van der Waals surface area contributed by atoms with E-state index in [2.05, 4.69) is 34.5 Å². The van der Waals surface area contributed by atoms with E-state index < -0.39 is 0 Å². The molecule has 1 aromatic rings. The van der Waals surface area contributed by atoms with Crippen molar-refractivity contribution in [1.29, 1.82) is 0 Å². The molecule has 4 heteroatoms. The Morgan fingerprint density at radius 3 is 2.94 bits per heavy atom. The number of nitrogens with zero attached hydrogens (tertiary/aromatic N) is 2. The van der Waals surface area contributed by atoms with Crippen molar-refractivity contribution in [3.05, 3.63) is 30.1 Å². The van der Waals surface area contributed by atoms with Gasteiger partial charge in [-0.05, 0) is 45.1 Å². The van der Waals surface area contributed by atoms with Crippen LogP contribution in [0.2, 0.25) is 0 Å². The zero-order chi connectivity index (χ0) is 12.4. The van der Waals surface area contributed by atoms with Gasteiger partial charge in [-0.1, -0.05) is 6.07 Å². The lowest BCUT2D eigenvalue weighted by Gasteiger charge is -2.47. The number of pyridine rings is 1. The Balaban J connectivity index is 1.86. The summed E-state index contributed by atoms with van der Waals surface area (Å²) < 4.78 is 0. The molecule has 2 aliphatic heterocycles. The molecule has 0 radical (unpaired) electrons. The Kier molecular flexibility index (Phi) is 3.33. The van der Waals surface area contributed by atoms with Crippen molar-refractivity contribution in [1.82, 2.24) is 15.4 Å². The Hall–Kier alpha value is -0.970. The lowest BCUT2D eigenvalue weighted by molar-refractivity contribution is -0.100. The molecule has 1 atom stereocenters. The van der Waals surface area contributed by atoms with Gasteiger partial charge >= 0.3 is 0 Å². The van der Waals surface area contributed by atoms with Gasteiger partial charge in [-0.2, -0.15) is 0 Å². The third-order valence-corrected chi connectivity index (χ3v) is 4.52. The number of piperidine rings is 1. The molecule has 0 aromatic carbocycles. The van der Waals surface area contributed by atoms with Gasteiger partial charge in [-0.3, -0.25) is 4.98 Å². The van der Waals surface area contributed by atoms with E-state index in [1.807, 2.05) is 12.3 Å². The van der Waals surface area contributed by atoms with Crippen LogP contribution in [0, 0.1) is 5.41 Å². The fourth-order valence-electron chi connectivity index (χ4n) is 3.21. The first-order valence-electron chi connectivity index (χ1n) is 6.74. The van der Waals surface area contributed by atoms with E-state index in [0.29, 0.717) is 5.92 Å². The van der Waals surface area contributed by atoms with Crippen LogP contribution in [0.5, 0.6) is 0 Å². The molecule has 1 N–H and O–H groups in total. The molecule has 4 nitrogen and oxygen atoms in total. The lowest BCUT2D eigenvalue weighted by atomic mass is 9.67. The zero-order valence-corrected chi connectivity index (χ0v) is 10.9. The summed E-state index contributed by atoms with van der Waals surface area (Å²) in [6.45, 7) is 4.00. The van der Waals surface area contributed by atoms with E-state index >= 15 is 0 Å². The van der Waals surface area contributed by atoms with Gasteiger partial charge in [0.15, 0.2) is 0 Å². The van der Waals surface area contributed by atoms with E-state index in [4.69, 9.17) is 4.84 Å². The van der Waals surface area contributed by atoms with E-state index in [1.54, 1.807) is 0 Å². The first-order chi connectivity index (χ1) is 8.80. The predicted molar refractivity (Wildman–Crippen MR) is 70.1 cm³/mol. The molecule has 1 unspecified atom stereocenters. The van der Waals surface area contributed by atoms with Gasteiger partial charge in [0.25, 0.3) is 0 Å². The number of hydrogen-bond donors (Lipinski definition) is 1. The van der Waals surface area contributed by atoms with E-state index in [0.717, 1.165) is 26.2 Å². The number of hydrogen-bond acceptors (Lipinski definition) is 4. The molecule has 1 spiro atoms. The third-order valence-electron chi connectivity index (χ3n) is 4.52. The van der Waals surface area contributed by atoms with Gasteiger partial charge < -0.3 is 9.74 Å². The summed E-state index contributed by atoms with van der Waals surface area (Å²) in [5.41, 5.74) is 4.54. The SMILES string of the molecule is CN1CCC2(CC1)CONCC2c1ccccn1. The second-order valence-electron chi connectivity index (χ2n) is 5.61. The average molecular weight is 247 g/mol. The minimum absolute atomic E-state index is 0.270. The molecule has 0 amide bonds. The molecule has 0 saturated carbocycles. The smallest absolute Gasteiger partial charge is 0.0746 e. The maximum absolute atomic E-state index is 5.55. The van der Waals surface area contributed by atoms with Crippen LogP contribution in [0.1, 0.15) is 24.5 Å². The second-order valence-corrected chi connectivity index (χ2v) is 5.61. The first kappa shape index (κ1) is 12.1. The number of aromatic nitrogens is 1. The Morgan fingerprint density at radius 2 is 2.22 bits per heavy atom. The number of rotatable bonds is 1. The van der Waals surface area contributed by atoms with Gasteiger partial charge in [0.05, 0.1) is 6.61 Å². The summed E-state index contributed by atoms with van der Waals surface area (Å²) in [4.78, 5) is 12.5. The highest BCUT2D eigenvalue weighted by molar-refractivity contribution is 5.16. The maximum Gasteiger partial charge on any atom is 0.0746 e. The van der Waals surface area contributed by atoms with Crippen LogP contribution in [0.3, 0.4) is 0 Å². The van der Waals surface area contributed by atoms with Gasteiger partial charge in [0.1, 0.15) is 0 Å². The summed E-state index contributed by atoms with van der Waals surface area (Å²) in [5, 5.41) is 0. The average Bonchev–Trinajstić information content (AvgIpc) is 2.44. The minimum atomic E-state index is 0.270. The molecule has 1 aromatic heterocycles. The Morgan fingerprint density at radius 1 is 1.39 bits per heavy atom. The van der Waals surface area contributed by atoms with Crippen LogP contribution in [0.4, 0.5) is 0 Å². The topological polar surface area (TPSA) is 37.4 Å². The number of nitrogens with one attached hydrogen (secondary N) is 1. The largest absolute Gasteiger partial charge is 0.306 e. The van der Waals surface area contributed by atoms with Crippen molar-refractivity contribution in [3.63, 3.8) is 0 Å². The molecule has 98 valence electrons. The monoisotopic (exact) mass is 247 g/mol. The summed E-state index contributed by atoms with van der Waals surface area (Å²) in [5.74, 6) is 0.473. The fourth-order valence-corrected chi connectivity index (χ4v) is 3.21. The van der Waals surface area contributed by atoms with Gasteiger partial charge in [0.2, 0.25) is 0 Å². The molecule has 2 saturated heterocycles. The molecular weight excluding hydrogens is 226 g/mol. The normalized spacial score (nSPS) is 28.4. The van der Waals surface area contributed by atoms with Crippen LogP contribution >= 0.6 is 0 Å². The van der Waals surface area contributed by atoms with Gasteiger partial charge in [0, 0.05) is 29.8 Å². The summed E-state index contributed by atoms with van der Waals surface area (Å²) >= 11 is 0. The lowest BCUT2D eigenvalue weighted by Crippen LogP contribution is -2.51. The van der Waals surface area contributed by atoms with Gasteiger partial charge in [-0.15, -0.1) is 0 Å². The van der Waals surface area contributed by atoms with Crippen LogP contribution in [-0.2, 0) is 4.84 Å². The molecular formula is C14H21N3O. The fraction of sp³-hybridized carbons (Fsp3) is 0.643. The highest BCUT2D eigenvalue weighted by Gasteiger charge is 2.44. The van der Waals surface area contributed by atoms with Crippen LogP contribution < -0.4 is 5.48 Å². The van der Waals surface area contributed by atoms with Crippen molar-refractivity contribution in [2.24, 2.45) is 5.41 Å². The second kappa shape index (κ2) is 4.96. The molecule has 3 rings (SSSR count). The van der Waals surface area contributed by atoms with Crippen LogP contribution in [-0.4, -0.2) is 43.2 Å². The first-order valence-corrected chi connectivity index (χ1v) is 6.74. The highest BCUT2D eigenvalue weighted by Crippen LogP contribution is 2.45. The standard InChI is InChI=1S/C14H21N3O/c1-17-8-5-14(6-9-17)11-18-16-10-12(14)13-4-2-3-7-15-13/h2-4,7,12,16H,5-6,8-11H2,1H3. The van der Waals surface area contributed by atoms with E-state index in [9.17, 15) is 0 Å². The van der Waals surface area contributed by atoms with Crippen LogP contribution in [0.25, 0.3) is 0 Å². The summed E-state index contributed by atoms with van der Waals surface area (Å²) in [7, 11) is 2.20. The summed E-state index contributed by atoms with van der Waals surface area (Å²) in [6, 6.07) is 6.22. The van der Waals surface area contributed by atoms with E-state index in [-0.39, 0.29) is 5.41 Å². The molecule has 18 heavy (non-hydrogen) atoms. The summed E-state index contributed by atoms with van der Waals surface area (Å²) in [6.07, 6.45) is 4.30. The molecule has 0 bridgehead atoms. The van der Waals surface area contributed by atoms with Crippen LogP contribution in [0.15, 0.2) is 24.4 Å². The van der Waals surface area contributed by atoms with Gasteiger partial charge in [-0.25, -0.2) is 5.48 Å². The Labute approximate surface area is 108 Å². The molecule has 0 aliphatic carbocycles. The molecule has 3 heterocycles. The van der Waals surface area contributed by atoms with Crippen molar-refractivity contribution < 1.29 is 4.84 Å². The van der Waals surface area contributed by atoms with Crippen molar-refractivity contribution >= 4 is 0 Å². The number of hydroxylamine groups is 1. The minimum Gasteiger partial charge on any atom is -0.306 e. The quantitative estimate of drug-likeness (QED) is 0.814. The Bertz CT molecular complexity index is 387. The third kappa shape index (κ3) is 2.16. The predicted octanol–water partition coefficient (Wildman–Crippen LogP) is 1.41. The molecule has 2 aliphatic rings. The number of likely N-dealkylation sites (tertiary alicyclic amines) is 1. The highest BCUT2D eigenvalue weighted by atomic mass is 16.6. The molecule has 2 fully saturated rings. The van der Waals surface area contributed by atoms with E-state index in [1.165, 1.54) is 18.5 Å². The zero-order valence-electron chi connectivity index (χ0n) is 10.9. The maximum atomic E-state index is 5.55.